The molecule has 1 saturated heterocycles. The Morgan fingerprint density at radius 3 is 2.60 bits per heavy atom. The number of anilines is 1. The van der Waals surface area contributed by atoms with E-state index in [1.165, 1.54) is 17.8 Å². The first-order chi connectivity index (χ1) is 14.6. The zero-order chi connectivity index (χ0) is 21.2. The summed E-state index contributed by atoms with van der Waals surface area (Å²) in [7, 11) is 1.74. The Kier molecular flexibility index (Phi) is 9.08. The number of methoxy groups -OCH3 is 1. The lowest BCUT2D eigenvalue weighted by atomic mass is 9.69. The van der Waals surface area contributed by atoms with Gasteiger partial charge in [0.2, 0.25) is 11.8 Å². The van der Waals surface area contributed by atoms with Crippen molar-refractivity contribution in [2.45, 2.75) is 57.8 Å². The molecule has 2 heterocycles. The summed E-state index contributed by atoms with van der Waals surface area (Å²) >= 11 is 1.42. The summed E-state index contributed by atoms with van der Waals surface area (Å²) in [5.74, 6) is 0.618. The molecule has 3 rings (SSSR count). The fraction of sp³-hybridized carbons (Fsp3) is 0.773. The van der Waals surface area contributed by atoms with Crippen LogP contribution >= 0.6 is 11.3 Å². The predicted octanol–water partition coefficient (Wildman–Crippen LogP) is 3.29. The number of rotatable bonds is 10. The van der Waals surface area contributed by atoms with E-state index in [-0.39, 0.29) is 17.2 Å². The third-order valence-corrected chi connectivity index (χ3v) is 7.26. The maximum absolute atomic E-state index is 12.8. The second-order valence-electron chi connectivity index (χ2n) is 8.88. The third kappa shape index (κ3) is 7.32. The molecule has 0 atom stereocenters. The van der Waals surface area contributed by atoms with Crippen LogP contribution in [-0.4, -0.2) is 61.6 Å². The van der Waals surface area contributed by atoms with Crippen molar-refractivity contribution in [3.05, 3.63) is 11.6 Å². The molecule has 1 saturated carbocycles. The molecule has 1 aromatic rings. The Morgan fingerprint density at radius 1 is 1.20 bits per heavy atom. The maximum atomic E-state index is 12.8. The zero-order valence-electron chi connectivity index (χ0n) is 18.2. The standard InChI is InChI=1S/C22H36N4O3S/c1-29-13-12-26-10-5-18(6-11-26)17-24-19(27)15-22(7-3-2-4-8-22)16-20(28)25-21-23-9-14-30-21/h9,14,18H,2-8,10-13,15-17H2,1H3,(H,24,27)(H,23,25,28). The normalized spacial score (nSPS) is 20.0. The molecule has 0 unspecified atom stereocenters. The van der Waals surface area contributed by atoms with Crippen molar-refractivity contribution in [1.82, 2.24) is 15.2 Å². The molecule has 1 aliphatic carbocycles. The van der Waals surface area contributed by atoms with Gasteiger partial charge in [-0.05, 0) is 50.1 Å². The van der Waals surface area contributed by atoms with Crippen molar-refractivity contribution in [1.29, 1.82) is 0 Å². The summed E-state index contributed by atoms with van der Waals surface area (Å²) in [5, 5.41) is 8.55. The Morgan fingerprint density at radius 2 is 1.93 bits per heavy atom. The molecule has 2 amide bonds. The van der Waals surface area contributed by atoms with Crippen LogP contribution in [0.25, 0.3) is 0 Å². The molecule has 0 aromatic carbocycles. The van der Waals surface area contributed by atoms with E-state index >= 15 is 0 Å². The van der Waals surface area contributed by atoms with E-state index in [1.807, 2.05) is 5.38 Å². The van der Waals surface area contributed by atoms with Gasteiger partial charge in [-0.3, -0.25) is 9.59 Å². The van der Waals surface area contributed by atoms with E-state index in [0.29, 0.717) is 23.9 Å². The Hall–Kier alpha value is -1.51. The third-order valence-electron chi connectivity index (χ3n) is 6.57. The van der Waals surface area contributed by atoms with Gasteiger partial charge in [0.1, 0.15) is 0 Å². The largest absolute Gasteiger partial charge is 0.383 e. The van der Waals surface area contributed by atoms with Crippen LogP contribution in [0, 0.1) is 11.3 Å². The van der Waals surface area contributed by atoms with Crippen LogP contribution in [0.2, 0.25) is 0 Å². The summed E-state index contributed by atoms with van der Waals surface area (Å²) in [6.07, 6.45) is 10.0. The van der Waals surface area contributed by atoms with Gasteiger partial charge in [-0.1, -0.05) is 19.3 Å². The smallest absolute Gasteiger partial charge is 0.226 e. The van der Waals surface area contributed by atoms with Crippen molar-refractivity contribution in [3.8, 4) is 0 Å². The van der Waals surface area contributed by atoms with Crippen molar-refractivity contribution in [2.24, 2.45) is 11.3 Å². The summed E-state index contributed by atoms with van der Waals surface area (Å²) < 4.78 is 5.16. The number of hydrogen-bond acceptors (Lipinski definition) is 6. The molecule has 8 heteroatoms. The van der Waals surface area contributed by atoms with Crippen LogP contribution in [0.3, 0.4) is 0 Å². The van der Waals surface area contributed by atoms with Crippen molar-refractivity contribution in [3.63, 3.8) is 0 Å². The molecule has 30 heavy (non-hydrogen) atoms. The van der Waals surface area contributed by atoms with Gasteiger partial charge in [-0.2, -0.15) is 0 Å². The van der Waals surface area contributed by atoms with Crippen LogP contribution in [0.1, 0.15) is 57.8 Å². The molecule has 2 fully saturated rings. The first-order valence-electron chi connectivity index (χ1n) is 11.3. The lowest BCUT2D eigenvalue weighted by Crippen LogP contribution is -2.41. The fourth-order valence-electron chi connectivity index (χ4n) is 4.80. The van der Waals surface area contributed by atoms with Gasteiger partial charge in [0.05, 0.1) is 6.61 Å². The molecular formula is C22H36N4O3S. The number of likely N-dealkylation sites (tertiary alicyclic amines) is 1. The molecule has 1 aromatic heterocycles. The van der Waals surface area contributed by atoms with Gasteiger partial charge in [0.15, 0.2) is 5.13 Å². The van der Waals surface area contributed by atoms with Gasteiger partial charge in [-0.25, -0.2) is 4.98 Å². The van der Waals surface area contributed by atoms with E-state index < -0.39 is 0 Å². The highest BCUT2D eigenvalue weighted by molar-refractivity contribution is 7.13. The van der Waals surface area contributed by atoms with E-state index in [0.717, 1.165) is 71.3 Å². The van der Waals surface area contributed by atoms with Crippen LogP contribution in [-0.2, 0) is 14.3 Å². The van der Waals surface area contributed by atoms with E-state index in [1.54, 1.807) is 13.3 Å². The topological polar surface area (TPSA) is 83.6 Å². The number of hydrogen-bond donors (Lipinski definition) is 2. The summed E-state index contributed by atoms with van der Waals surface area (Å²) in [6, 6.07) is 0. The molecule has 7 nitrogen and oxygen atoms in total. The SMILES string of the molecule is COCCN1CCC(CNC(=O)CC2(CC(=O)Nc3nccs3)CCCCC2)CC1. The average Bonchev–Trinajstić information content (AvgIpc) is 3.24. The second-order valence-corrected chi connectivity index (χ2v) is 9.78. The minimum absolute atomic E-state index is 0.0249. The Bertz CT molecular complexity index is 653. The molecule has 0 spiro atoms. The minimum Gasteiger partial charge on any atom is -0.383 e. The van der Waals surface area contributed by atoms with E-state index in [2.05, 4.69) is 20.5 Å². The molecule has 2 aliphatic rings. The highest BCUT2D eigenvalue weighted by atomic mass is 32.1. The molecule has 0 bridgehead atoms. The summed E-state index contributed by atoms with van der Waals surface area (Å²) in [6.45, 7) is 4.66. The second kappa shape index (κ2) is 11.8. The lowest BCUT2D eigenvalue weighted by Gasteiger charge is -2.36. The highest BCUT2D eigenvalue weighted by Gasteiger charge is 2.36. The predicted molar refractivity (Wildman–Crippen MR) is 120 cm³/mol. The minimum atomic E-state index is -0.215. The van der Waals surface area contributed by atoms with E-state index in [4.69, 9.17) is 4.74 Å². The molecule has 168 valence electrons. The number of amides is 2. The summed E-state index contributed by atoms with van der Waals surface area (Å²) in [4.78, 5) is 31.9. The first-order valence-corrected chi connectivity index (χ1v) is 12.1. The van der Waals surface area contributed by atoms with Crippen LogP contribution in [0.5, 0.6) is 0 Å². The van der Waals surface area contributed by atoms with Crippen molar-refractivity contribution >= 4 is 28.3 Å². The maximum Gasteiger partial charge on any atom is 0.226 e. The quantitative estimate of drug-likeness (QED) is 0.588. The number of piperidine rings is 1. The highest BCUT2D eigenvalue weighted by Crippen LogP contribution is 2.42. The molecule has 0 radical (unpaired) electrons. The first kappa shape index (κ1) is 23.2. The Balaban J connectivity index is 1.44. The van der Waals surface area contributed by atoms with Gasteiger partial charge >= 0.3 is 0 Å². The molecule has 2 N–H and O–H groups in total. The Labute approximate surface area is 184 Å². The zero-order valence-corrected chi connectivity index (χ0v) is 19.0. The lowest BCUT2D eigenvalue weighted by molar-refractivity contribution is -0.126. The van der Waals surface area contributed by atoms with Gasteiger partial charge in [0, 0.05) is 44.6 Å². The fourth-order valence-corrected chi connectivity index (χ4v) is 5.35. The number of ether oxygens (including phenoxy) is 1. The summed E-state index contributed by atoms with van der Waals surface area (Å²) in [5.41, 5.74) is -0.215. The average molecular weight is 437 g/mol. The monoisotopic (exact) mass is 436 g/mol. The van der Waals surface area contributed by atoms with Crippen LogP contribution in [0.15, 0.2) is 11.6 Å². The number of aromatic nitrogens is 1. The number of nitrogens with zero attached hydrogens (tertiary/aromatic N) is 2. The van der Waals surface area contributed by atoms with Crippen LogP contribution in [0.4, 0.5) is 5.13 Å². The van der Waals surface area contributed by atoms with Crippen molar-refractivity contribution < 1.29 is 14.3 Å². The van der Waals surface area contributed by atoms with Gasteiger partial charge in [-0.15, -0.1) is 11.3 Å². The van der Waals surface area contributed by atoms with Crippen molar-refractivity contribution in [2.75, 3.05) is 45.2 Å². The number of carbonyl (C=O) groups is 2. The number of carbonyl (C=O) groups excluding carboxylic acids is 2. The number of nitrogens with one attached hydrogen (secondary N) is 2. The van der Waals surface area contributed by atoms with Gasteiger partial charge in [0.25, 0.3) is 0 Å². The van der Waals surface area contributed by atoms with E-state index in [9.17, 15) is 9.59 Å². The van der Waals surface area contributed by atoms with Crippen LogP contribution < -0.4 is 10.6 Å². The molecular weight excluding hydrogens is 400 g/mol. The van der Waals surface area contributed by atoms with Gasteiger partial charge < -0.3 is 20.3 Å². The molecule has 1 aliphatic heterocycles. The number of thiazole rings is 1.